The molecule has 0 amide bonds. The summed E-state index contributed by atoms with van der Waals surface area (Å²) in [6.45, 7) is 6.14. The zero-order valence-electron chi connectivity index (χ0n) is 25.3. The minimum Gasteiger partial charge on any atom is -0.0984 e. The molecule has 45 heavy (non-hydrogen) atoms. The van der Waals surface area contributed by atoms with Gasteiger partial charge in [0.15, 0.2) is 0 Å². The summed E-state index contributed by atoms with van der Waals surface area (Å²) in [6.07, 6.45) is 6.19. The third kappa shape index (κ3) is 4.46. The maximum Gasteiger partial charge on any atom is -0.00264 e. The Bertz CT molecular complexity index is 2370. The van der Waals surface area contributed by atoms with Gasteiger partial charge in [0.05, 0.1) is 0 Å². The minimum absolute atomic E-state index is 1.15. The van der Waals surface area contributed by atoms with Crippen LogP contribution in [0.2, 0.25) is 0 Å². The third-order valence-electron chi connectivity index (χ3n) is 9.13. The van der Waals surface area contributed by atoms with Crippen molar-refractivity contribution in [3.63, 3.8) is 0 Å². The number of hydrogen-bond acceptors (Lipinski definition) is 0. The second kappa shape index (κ2) is 11.1. The highest BCUT2D eigenvalue weighted by Gasteiger charge is 2.16. The van der Waals surface area contributed by atoms with Gasteiger partial charge in [0.2, 0.25) is 0 Å². The van der Waals surface area contributed by atoms with Gasteiger partial charge >= 0.3 is 0 Å². The monoisotopic (exact) mass is 572 g/mol. The molecule has 0 aliphatic carbocycles. The van der Waals surface area contributed by atoms with Crippen LogP contribution in [0, 0.1) is 0 Å². The van der Waals surface area contributed by atoms with E-state index in [2.05, 4.69) is 171 Å². The second-order valence-corrected chi connectivity index (χ2v) is 11.7. The van der Waals surface area contributed by atoms with Gasteiger partial charge in [-0.1, -0.05) is 158 Å². The average Bonchev–Trinajstić information content (AvgIpc) is 3.10. The Hall–Kier alpha value is -5.72. The lowest BCUT2D eigenvalue weighted by Gasteiger charge is -2.18. The predicted octanol–water partition coefficient (Wildman–Crippen LogP) is 13.0. The van der Waals surface area contributed by atoms with Crippen LogP contribution < -0.4 is 0 Å². The van der Waals surface area contributed by atoms with E-state index in [1.807, 2.05) is 6.08 Å². The largest absolute Gasteiger partial charge is 0.0984 e. The molecule has 0 nitrogen and oxygen atoms in total. The van der Waals surface area contributed by atoms with Crippen molar-refractivity contribution < 1.29 is 0 Å². The molecule has 0 saturated heterocycles. The van der Waals surface area contributed by atoms with E-state index in [4.69, 9.17) is 0 Å². The van der Waals surface area contributed by atoms with E-state index in [0.29, 0.717) is 0 Å². The fraction of sp³-hybridized carbons (Fsp3) is 0.0222. The minimum atomic E-state index is 1.15. The van der Waals surface area contributed by atoms with Gasteiger partial charge in [-0.15, -0.1) is 0 Å². The lowest BCUT2D eigenvalue weighted by atomic mass is 9.85. The Morgan fingerprint density at radius 1 is 0.422 bits per heavy atom. The highest BCUT2D eigenvalue weighted by Crippen LogP contribution is 2.44. The molecule has 8 aromatic rings. The molecule has 0 spiro atoms. The van der Waals surface area contributed by atoms with Crippen LogP contribution in [0.3, 0.4) is 0 Å². The molecule has 0 saturated carbocycles. The fourth-order valence-electron chi connectivity index (χ4n) is 7.10. The lowest BCUT2D eigenvalue weighted by molar-refractivity contribution is 1.63. The van der Waals surface area contributed by atoms with Crippen LogP contribution in [0.15, 0.2) is 158 Å². The molecule has 0 radical (unpaired) electrons. The quantitative estimate of drug-likeness (QED) is 0.142. The number of rotatable bonds is 5. The smallest absolute Gasteiger partial charge is 0.00264 e. The van der Waals surface area contributed by atoms with Crippen LogP contribution in [0.1, 0.15) is 18.1 Å². The van der Waals surface area contributed by atoms with E-state index < -0.39 is 0 Å². The maximum absolute atomic E-state index is 4.08. The van der Waals surface area contributed by atoms with Crippen LogP contribution in [-0.2, 0) is 0 Å². The first-order valence-electron chi connectivity index (χ1n) is 15.6. The SMILES string of the molecule is C=Cc1cc2c(ccc3c(-c4ccc(-c5c6ccccc6c(-c6ccccc6)c6ccccc56)cc4)cccc32)cc1/C=C\C. The number of fused-ring (bicyclic) bond motifs is 5. The summed E-state index contributed by atoms with van der Waals surface area (Å²) in [5.74, 6) is 0. The first kappa shape index (κ1) is 26.9. The van der Waals surface area contributed by atoms with Crippen molar-refractivity contribution in [3.05, 3.63) is 169 Å². The van der Waals surface area contributed by atoms with Crippen molar-refractivity contribution in [1.82, 2.24) is 0 Å². The standard InChI is InChI=1S/C45H32/c1-3-13-34-28-35-26-27-38-36(20-12-21-37(38)43(35)29-30(34)4-2)31-22-24-33(25-23-31)45-41-18-10-8-16-39(41)44(32-14-6-5-7-15-32)40-17-9-11-19-42(40)45/h3-29H,2H2,1H3/b13-3-. The molecule has 0 aliphatic heterocycles. The van der Waals surface area contributed by atoms with Crippen LogP contribution in [-0.4, -0.2) is 0 Å². The Labute approximate surface area is 264 Å². The lowest BCUT2D eigenvalue weighted by Crippen LogP contribution is -1.91. The molecular weight excluding hydrogens is 540 g/mol. The molecule has 0 bridgehead atoms. The molecule has 0 N–H and O–H groups in total. The van der Waals surface area contributed by atoms with E-state index in [0.717, 1.165) is 5.56 Å². The van der Waals surface area contributed by atoms with Gasteiger partial charge in [-0.05, 0) is 107 Å². The molecule has 0 aromatic heterocycles. The van der Waals surface area contributed by atoms with Crippen molar-refractivity contribution in [3.8, 4) is 33.4 Å². The van der Waals surface area contributed by atoms with Gasteiger partial charge in [0.25, 0.3) is 0 Å². The number of hydrogen-bond donors (Lipinski definition) is 0. The van der Waals surface area contributed by atoms with Gasteiger partial charge < -0.3 is 0 Å². The van der Waals surface area contributed by atoms with Gasteiger partial charge in [0.1, 0.15) is 0 Å². The topological polar surface area (TPSA) is 0 Å². The van der Waals surface area contributed by atoms with Crippen LogP contribution in [0.4, 0.5) is 0 Å². The third-order valence-corrected chi connectivity index (χ3v) is 9.13. The average molecular weight is 573 g/mol. The summed E-state index contributed by atoms with van der Waals surface area (Å²) in [6, 6.07) is 53.4. The Kier molecular flexibility index (Phi) is 6.62. The van der Waals surface area contributed by atoms with Crippen molar-refractivity contribution in [1.29, 1.82) is 0 Å². The summed E-state index contributed by atoms with van der Waals surface area (Å²) < 4.78 is 0. The summed E-state index contributed by atoms with van der Waals surface area (Å²) in [5, 5.41) is 10.1. The molecular formula is C45H32. The normalized spacial score (nSPS) is 11.7. The molecule has 8 aromatic carbocycles. The predicted molar refractivity (Wildman–Crippen MR) is 198 cm³/mol. The summed E-state index contributed by atoms with van der Waals surface area (Å²) in [4.78, 5) is 0. The van der Waals surface area contributed by atoms with E-state index in [9.17, 15) is 0 Å². The maximum atomic E-state index is 4.08. The Balaban J connectivity index is 1.30. The van der Waals surface area contributed by atoms with Gasteiger partial charge in [-0.3, -0.25) is 0 Å². The van der Waals surface area contributed by atoms with Crippen LogP contribution in [0.25, 0.3) is 88.6 Å². The number of benzene rings is 8. The van der Waals surface area contributed by atoms with Crippen LogP contribution in [0.5, 0.6) is 0 Å². The zero-order valence-corrected chi connectivity index (χ0v) is 25.3. The van der Waals surface area contributed by atoms with E-state index in [1.165, 1.54) is 82.0 Å². The molecule has 0 unspecified atom stereocenters. The first-order valence-corrected chi connectivity index (χ1v) is 15.6. The summed E-state index contributed by atoms with van der Waals surface area (Å²) in [5.41, 5.74) is 9.86. The summed E-state index contributed by atoms with van der Waals surface area (Å²) in [7, 11) is 0. The molecule has 8 rings (SSSR count). The Morgan fingerprint density at radius 3 is 1.58 bits per heavy atom. The molecule has 212 valence electrons. The highest BCUT2D eigenvalue weighted by atomic mass is 14.2. The van der Waals surface area contributed by atoms with Crippen molar-refractivity contribution in [2.24, 2.45) is 0 Å². The molecule has 0 atom stereocenters. The van der Waals surface area contributed by atoms with E-state index in [-0.39, 0.29) is 0 Å². The van der Waals surface area contributed by atoms with Gasteiger partial charge in [-0.2, -0.15) is 0 Å². The Morgan fingerprint density at radius 2 is 0.978 bits per heavy atom. The second-order valence-electron chi connectivity index (χ2n) is 11.7. The number of allylic oxidation sites excluding steroid dienone is 1. The highest BCUT2D eigenvalue weighted by molar-refractivity contribution is 6.21. The van der Waals surface area contributed by atoms with Crippen molar-refractivity contribution in [2.45, 2.75) is 6.92 Å². The van der Waals surface area contributed by atoms with E-state index >= 15 is 0 Å². The molecule has 0 heterocycles. The van der Waals surface area contributed by atoms with Crippen LogP contribution >= 0.6 is 0 Å². The molecule has 0 fully saturated rings. The van der Waals surface area contributed by atoms with Crippen molar-refractivity contribution >= 4 is 55.2 Å². The first-order chi connectivity index (χ1) is 22.2. The van der Waals surface area contributed by atoms with Gasteiger partial charge in [0, 0.05) is 0 Å². The molecule has 0 aliphatic rings. The van der Waals surface area contributed by atoms with Gasteiger partial charge in [-0.25, -0.2) is 0 Å². The molecule has 0 heteroatoms. The van der Waals surface area contributed by atoms with E-state index in [1.54, 1.807) is 0 Å². The van der Waals surface area contributed by atoms with Crippen molar-refractivity contribution in [2.75, 3.05) is 0 Å². The summed E-state index contributed by atoms with van der Waals surface area (Å²) >= 11 is 0. The fourth-order valence-corrected chi connectivity index (χ4v) is 7.10. The zero-order chi connectivity index (χ0) is 30.3.